The van der Waals surface area contributed by atoms with Crippen LogP contribution < -0.4 is 0 Å². The molecule has 0 aromatic heterocycles. The maximum atomic E-state index is 2.47. The molecule has 0 spiro atoms. The van der Waals surface area contributed by atoms with Gasteiger partial charge in [0.05, 0.1) is 0 Å². The summed E-state index contributed by atoms with van der Waals surface area (Å²) in [6.07, 6.45) is 4.02. The monoisotopic (exact) mass is 212 g/mol. The van der Waals surface area contributed by atoms with E-state index in [2.05, 4.69) is 55.4 Å². The largest absolute Gasteiger partial charge is 0.0649 e. The van der Waals surface area contributed by atoms with Crippen LogP contribution in [-0.2, 0) is 0 Å². The molecular formula is C15H32. The lowest BCUT2D eigenvalue weighted by Gasteiger charge is -2.40. The molecule has 0 nitrogen and oxygen atoms in total. The highest BCUT2D eigenvalue weighted by Crippen LogP contribution is 2.44. The van der Waals surface area contributed by atoms with Gasteiger partial charge in [-0.05, 0) is 35.5 Å². The molecule has 0 aliphatic heterocycles. The van der Waals surface area contributed by atoms with Crippen LogP contribution in [0.2, 0.25) is 0 Å². The highest BCUT2D eigenvalue weighted by atomic mass is 14.4. The second kappa shape index (κ2) is 5.37. The second-order valence-corrected chi connectivity index (χ2v) is 7.08. The van der Waals surface area contributed by atoms with E-state index in [0.29, 0.717) is 10.8 Å². The van der Waals surface area contributed by atoms with Gasteiger partial charge in [0, 0.05) is 0 Å². The predicted octanol–water partition coefficient (Wildman–Crippen LogP) is 5.52. The maximum Gasteiger partial charge on any atom is -0.0321 e. The highest BCUT2D eigenvalue weighted by Gasteiger charge is 2.33. The standard InChI is InChI=1S/C15H32/c1-9-15(8,10-12(2)3)11-14(6,7)13(4)5/h12-13H,9-11H2,1-8H3. The third kappa shape index (κ3) is 5.04. The summed E-state index contributed by atoms with van der Waals surface area (Å²) in [6.45, 7) is 19.1. The fourth-order valence-corrected chi connectivity index (χ4v) is 2.63. The van der Waals surface area contributed by atoms with E-state index in [1.165, 1.54) is 19.3 Å². The van der Waals surface area contributed by atoms with Crippen LogP contribution in [0.15, 0.2) is 0 Å². The van der Waals surface area contributed by atoms with Crippen LogP contribution in [0.3, 0.4) is 0 Å². The Morgan fingerprint density at radius 3 is 1.67 bits per heavy atom. The molecule has 0 N–H and O–H groups in total. The molecule has 0 aromatic carbocycles. The lowest BCUT2D eigenvalue weighted by atomic mass is 9.65. The van der Waals surface area contributed by atoms with Crippen LogP contribution >= 0.6 is 0 Å². The molecule has 92 valence electrons. The fraction of sp³-hybridized carbons (Fsp3) is 1.00. The molecule has 0 saturated carbocycles. The average molecular weight is 212 g/mol. The molecule has 0 heteroatoms. The average Bonchev–Trinajstić information content (AvgIpc) is 2.01. The van der Waals surface area contributed by atoms with Crippen molar-refractivity contribution in [3.8, 4) is 0 Å². The van der Waals surface area contributed by atoms with Gasteiger partial charge in [0.2, 0.25) is 0 Å². The van der Waals surface area contributed by atoms with Crippen molar-refractivity contribution in [1.29, 1.82) is 0 Å². The lowest BCUT2D eigenvalue weighted by molar-refractivity contribution is 0.103. The minimum atomic E-state index is 0.472. The Bertz CT molecular complexity index is 176. The molecule has 0 aromatic rings. The molecule has 0 radical (unpaired) electrons. The molecule has 0 heterocycles. The Labute approximate surface area is 97.8 Å². The number of hydrogen-bond acceptors (Lipinski definition) is 0. The normalized spacial score (nSPS) is 17.2. The Morgan fingerprint density at radius 2 is 1.40 bits per heavy atom. The van der Waals surface area contributed by atoms with E-state index in [0.717, 1.165) is 11.8 Å². The van der Waals surface area contributed by atoms with Gasteiger partial charge < -0.3 is 0 Å². The van der Waals surface area contributed by atoms with Crippen molar-refractivity contribution in [3.63, 3.8) is 0 Å². The van der Waals surface area contributed by atoms with E-state index in [1.54, 1.807) is 0 Å². The van der Waals surface area contributed by atoms with Crippen LogP contribution in [0.4, 0.5) is 0 Å². The first-order chi connectivity index (χ1) is 6.63. The predicted molar refractivity (Wildman–Crippen MR) is 71.1 cm³/mol. The summed E-state index contributed by atoms with van der Waals surface area (Å²) in [7, 11) is 0. The van der Waals surface area contributed by atoms with Gasteiger partial charge in [-0.3, -0.25) is 0 Å². The quantitative estimate of drug-likeness (QED) is 0.543. The zero-order valence-electron chi connectivity index (χ0n) is 12.3. The maximum absolute atomic E-state index is 2.47. The summed E-state index contributed by atoms with van der Waals surface area (Å²) in [6, 6.07) is 0. The molecule has 0 bridgehead atoms. The first-order valence-electron chi connectivity index (χ1n) is 6.63. The van der Waals surface area contributed by atoms with Crippen molar-refractivity contribution in [2.24, 2.45) is 22.7 Å². The summed E-state index contributed by atoms with van der Waals surface area (Å²) in [5, 5.41) is 0. The summed E-state index contributed by atoms with van der Waals surface area (Å²) >= 11 is 0. The summed E-state index contributed by atoms with van der Waals surface area (Å²) in [5.74, 6) is 1.59. The summed E-state index contributed by atoms with van der Waals surface area (Å²) < 4.78 is 0. The molecule has 0 aliphatic carbocycles. The molecule has 15 heavy (non-hydrogen) atoms. The number of rotatable bonds is 6. The zero-order valence-corrected chi connectivity index (χ0v) is 12.3. The van der Waals surface area contributed by atoms with Gasteiger partial charge in [0.1, 0.15) is 0 Å². The Morgan fingerprint density at radius 1 is 0.933 bits per heavy atom. The van der Waals surface area contributed by atoms with Crippen LogP contribution in [-0.4, -0.2) is 0 Å². The first-order valence-corrected chi connectivity index (χ1v) is 6.63. The van der Waals surface area contributed by atoms with Gasteiger partial charge in [-0.1, -0.05) is 61.8 Å². The smallest absolute Gasteiger partial charge is 0.0321 e. The van der Waals surface area contributed by atoms with Gasteiger partial charge in [0.15, 0.2) is 0 Å². The van der Waals surface area contributed by atoms with Crippen molar-refractivity contribution < 1.29 is 0 Å². The van der Waals surface area contributed by atoms with Gasteiger partial charge in [-0.15, -0.1) is 0 Å². The minimum absolute atomic E-state index is 0.472. The Hall–Kier alpha value is 0. The molecule has 0 aliphatic rings. The van der Waals surface area contributed by atoms with E-state index in [9.17, 15) is 0 Å². The van der Waals surface area contributed by atoms with Crippen LogP contribution in [0, 0.1) is 22.7 Å². The van der Waals surface area contributed by atoms with Gasteiger partial charge >= 0.3 is 0 Å². The van der Waals surface area contributed by atoms with Crippen LogP contribution in [0.25, 0.3) is 0 Å². The first kappa shape index (κ1) is 15.0. The van der Waals surface area contributed by atoms with Crippen molar-refractivity contribution in [2.75, 3.05) is 0 Å². The number of hydrogen-bond donors (Lipinski definition) is 0. The van der Waals surface area contributed by atoms with E-state index in [-0.39, 0.29) is 0 Å². The van der Waals surface area contributed by atoms with Crippen LogP contribution in [0.5, 0.6) is 0 Å². The third-order valence-electron chi connectivity index (χ3n) is 4.20. The Kier molecular flexibility index (Phi) is 5.37. The van der Waals surface area contributed by atoms with Crippen molar-refractivity contribution in [2.45, 2.75) is 74.7 Å². The molecule has 1 atom stereocenters. The van der Waals surface area contributed by atoms with Crippen molar-refractivity contribution in [1.82, 2.24) is 0 Å². The fourth-order valence-electron chi connectivity index (χ4n) is 2.63. The second-order valence-electron chi connectivity index (χ2n) is 7.08. The summed E-state index contributed by atoms with van der Waals surface area (Å²) in [5.41, 5.74) is 1.00. The van der Waals surface area contributed by atoms with Gasteiger partial charge in [-0.2, -0.15) is 0 Å². The van der Waals surface area contributed by atoms with Gasteiger partial charge in [0.25, 0.3) is 0 Å². The molecule has 0 fully saturated rings. The third-order valence-corrected chi connectivity index (χ3v) is 4.20. The topological polar surface area (TPSA) is 0 Å². The Balaban J connectivity index is 4.56. The molecule has 0 rings (SSSR count). The molecule has 0 saturated heterocycles. The van der Waals surface area contributed by atoms with Crippen LogP contribution in [0.1, 0.15) is 74.7 Å². The zero-order chi connectivity index (χ0) is 12.3. The van der Waals surface area contributed by atoms with Crippen molar-refractivity contribution >= 4 is 0 Å². The van der Waals surface area contributed by atoms with E-state index >= 15 is 0 Å². The summed E-state index contributed by atoms with van der Waals surface area (Å²) in [4.78, 5) is 0. The van der Waals surface area contributed by atoms with E-state index in [4.69, 9.17) is 0 Å². The SMILES string of the molecule is CCC(C)(CC(C)C)CC(C)(C)C(C)C. The van der Waals surface area contributed by atoms with E-state index < -0.39 is 0 Å². The minimum Gasteiger partial charge on any atom is -0.0649 e. The highest BCUT2D eigenvalue weighted by molar-refractivity contribution is 4.84. The lowest BCUT2D eigenvalue weighted by Crippen LogP contribution is -2.30. The molecular weight excluding hydrogens is 180 g/mol. The van der Waals surface area contributed by atoms with Crippen molar-refractivity contribution in [3.05, 3.63) is 0 Å². The van der Waals surface area contributed by atoms with Gasteiger partial charge in [-0.25, -0.2) is 0 Å². The molecule has 1 unspecified atom stereocenters. The molecule has 0 amide bonds. The van der Waals surface area contributed by atoms with E-state index in [1.807, 2.05) is 0 Å².